The first-order chi connectivity index (χ1) is 9.61. The van der Waals surface area contributed by atoms with Crippen LogP contribution in [0.2, 0.25) is 0 Å². The minimum atomic E-state index is -0.995. The zero-order valence-electron chi connectivity index (χ0n) is 10.9. The van der Waals surface area contributed by atoms with Crippen LogP contribution in [-0.4, -0.2) is 6.54 Å². The highest BCUT2D eigenvalue weighted by molar-refractivity contribution is 9.10. The zero-order chi connectivity index (χ0) is 14.5. The fourth-order valence-electron chi connectivity index (χ4n) is 1.68. The van der Waals surface area contributed by atoms with Gasteiger partial charge in [0.2, 0.25) is 5.82 Å². The van der Waals surface area contributed by atoms with Gasteiger partial charge in [-0.15, -0.1) is 0 Å². The molecule has 2 rings (SSSR count). The Bertz CT molecular complexity index is 587. The van der Waals surface area contributed by atoms with Crippen molar-refractivity contribution in [2.45, 2.75) is 20.1 Å². The fourth-order valence-corrected chi connectivity index (χ4v) is 2.09. The molecule has 2 aromatic rings. The summed E-state index contributed by atoms with van der Waals surface area (Å²) in [7, 11) is 0. The lowest BCUT2D eigenvalue weighted by atomic mass is 10.2. The van der Waals surface area contributed by atoms with E-state index in [1.165, 1.54) is 6.07 Å². The molecule has 0 aliphatic rings. The normalized spacial score (nSPS) is 10.8. The molecule has 0 aliphatic heterocycles. The maximum atomic E-state index is 13.6. The number of furan rings is 1. The first-order valence-corrected chi connectivity index (χ1v) is 6.94. The number of rotatable bonds is 6. The van der Waals surface area contributed by atoms with Crippen LogP contribution in [0.1, 0.15) is 18.2 Å². The van der Waals surface area contributed by atoms with Crippen molar-refractivity contribution in [3.05, 3.63) is 51.9 Å². The smallest absolute Gasteiger partial charge is 0.200 e. The van der Waals surface area contributed by atoms with E-state index in [9.17, 15) is 8.78 Å². The summed E-state index contributed by atoms with van der Waals surface area (Å²) in [5.74, 6) is -1.35. The third-order valence-corrected chi connectivity index (χ3v) is 3.17. The lowest BCUT2D eigenvalue weighted by Crippen LogP contribution is -2.13. The summed E-state index contributed by atoms with van der Waals surface area (Å²) in [5, 5.41) is 3.13. The molecule has 0 atom stereocenters. The molecule has 1 aromatic heterocycles. The van der Waals surface area contributed by atoms with Gasteiger partial charge in [-0.1, -0.05) is 22.9 Å². The predicted octanol–water partition coefficient (Wildman–Crippen LogP) is 4.01. The van der Waals surface area contributed by atoms with Crippen LogP contribution in [-0.2, 0) is 13.2 Å². The van der Waals surface area contributed by atoms with Gasteiger partial charge in [-0.3, -0.25) is 0 Å². The number of nitrogens with one attached hydrogen (secondary N) is 1. The molecule has 0 amide bonds. The van der Waals surface area contributed by atoms with Crippen molar-refractivity contribution in [2.75, 3.05) is 6.54 Å². The van der Waals surface area contributed by atoms with Crippen molar-refractivity contribution in [1.29, 1.82) is 0 Å². The largest absolute Gasteiger partial charge is 0.486 e. The monoisotopic (exact) mass is 345 g/mol. The van der Waals surface area contributed by atoms with Gasteiger partial charge >= 0.3 is 0 Å². The highest BCUT2D eigenvalue weighted by Gasteiger charge is 2.13. The molecule has 3 nitrogen and oxygen atoms in total. The van der Waals surface area contributed by atoms with Gasteiger partial charge in [-0.2, -0.15) is 4.39 Å². The molecule has 1 N–H and O–H groups in total. The number of hydrogen-bond donors (Lipinski definition) is 1. The third kappa shape index (κ3) is 3.58. The van der Waals surface area contributed by atoms with Crippen molar-refractivity contribution in [3.8, 4) is 5.75 Å². The average molecular weight is 346 g/mol. The minimum Gasteiger partial charge on any atom is -0.486 e. The summed E-state index contributed by atoms with van der Waals surface area (Å²) in [6.07, 6.45) is 1.54. The van der Waals surface area contributed by atoms with Gasteiger partial charge in [0.25, 0.3) is 0 Å². The van der Waals surface area contributed by atoms with Crippen molar-refractivity contribution in [2.24, 2.45) is 0 Å². The van der Waals surface area contributed by atoms with E-state index in [-0.39, 0.29) is 12.4 Å². The summed E-state index contributed by atoms with van der Waals surface area (Å²) in [6.45, 7) is 3.48. The molecule has 0 unspecified atom stereocenters. The van der Waals surface area contributed by atoms with E-state index >= 15 is 0 Å². The molecule has 0 saturated heterocycles. The van der Waals surface area contributed by atoms with Crippen LogP contribution in [0.25, 0.3) is 0 Å². The van der Waals surface area contributed by atoms with Gasteiger partial charge in [-0.25, -0.2) is 4.39 Å². The Kier molecular flexibility index (Phi) is 5.14. The number of benzene rings is 1. The highest BCUT2D eigenvalue weighted by atomic mass is 79.9. The molecule has 1 heterocycles. The molecule has 6 heteroatoms. The van der Waals surface area contributed by atoms with Gasteiger partial charge in [0, 0.05) is 10.0 Å². The molecule has 0 radical (unpaired) electrons. The van der Waals surface area contributed by atoms with Crippen LogP contribution in [0.15, 0.2) is 33.4 Å². The summed E-state index contributed by atoms with van der Waals surface area (Å²) < 4.78 is 37.9. The Labute approximate surface area is 124 Å². The average Bonchev–Trinajstić information content (AvgIpc) is 2.86. The van der Waals surface area contributed by atoms with Crippen LogP contribution in [0.5, 0.6) is 5.75 Å². The maximum Gasteiger partial charge on any atom is 0.200 e. The van der Waals surface area contributed by atoms with Crippen molar-refractivity contribution < 1.29 is 17.9 Å². The standard InChI is InChI=1S/C14H14BrF2NO2/c1-2-18-7-13-9(3-4-19-13)8-20-12-6-10(15)5-11(16)14(12)17/h3-6,18H,2,7-8H2,1H3. The second-order valence-corrected chi connectivity index (χ2v) is 5.05. The number of halogens is 3. The van der Waals surface area contributed by atoms with Crippen LogP contribution >= 0.6 is 15.9 Å². The van der Waals surface area contributed by atoms with Crippen LogP contribution in [0.4, 0.5) is 8.78 Å². The van der Waals surface area contributed by atoms with Crippen molar-refractivity contribution in [3.63, 3.8) is 0 Å². The van der Waals surface area contributed by atoms with Crippen LogP contribution in [0.3, 0.4) is 0 Å². The summed E-state index contributed by atoms with van der Waals surface area (Å²) in [4.78, 5) is 0. The summed E-state index contributed by atoms with van der Waals surface area (Å²) >= 11 is 3.10. The predicted molar refractivity (Wildman–Crippen MR) is 74.5 cm³/mol. The Morgan fingerprint density at radius 1 is 1.35 bits per heavy atom. The van der Waals surface area contributed by atoms with Gasteiger partial charge in [0.05, 0.1) is 12.8 Å². The first kappa shape index (κ1) is 15.0. The number of ether oxygens (including phenoxy) is 1. The zero-order valence-corrected chi connectivity index (χ0v) is 12.5. The second kappa shape index (κ2) is 6.85. The van der Waals surface area contributed by atoms with Crippen molar-refractivity contribution >= 4 is 15.9 Å². The van der Waals surface area contributed by atoms with E-state index in [4.69, 9.17) is 9.15 Å². The lowest BCUT2D eigenvalue weighted by Gasteiger charge is -2.08. The van der Waals surface area contributed by atoms with E-state index in [0.29, 0.717) is 11.0 Å². The van der Waals surface area contributed by atoms with Crippen LogP contribution in [0, 0.1) is 11.6 Å². The number of hydrogen-bond acceptors (Lipinski definition) is 3. The molecule has 108 valence electrons. The molecule has 0 bridgehead atoms. The molecule has 0 spiro atoms. The van der Waals surface area contributed by atoms with Crippen LogP contribution < -0.4 is 10.1 Å². The molecular formula is C14H14BrF2NO2. The molecular weight excluding hydrogens is 332 g/mol. The van der Waals surface area contributed by atoms with E-state index in [1.54, 1.807) is 12.3 Å². The van der Waals surface area contributed by atoms with Gasteiger partial charge in [-0.05, 0) is 24.7 Å². The van der Waals surface area contributed by atoms with E-state index in [1.807, 2.05) is 6.92 Å². The van der Waals surface area contributed by atoms with Crippen molar-refractivity contribution in [1.82, 2.24) is 5.32 Å². The maximum absolute atomic E-state index is 13.6. The summed E-state index contributed by atoms with van der Waals surface area (Å²) in [6, 6.07) is 4.19. The summed E-state index contributed by atoms with van der Waals surface area (Å²) in [5.41, 5.74) is 0.797. The molecule has 0 aliphatic carbocycles. The Morgan fingerprint density at radius 2 is 2.15 bits per heavy atom. The van der Waals surface area contributed by atoms with Gasteiger partial charge < -0.3 is 14.5 Å². The molecule has 20 heavy (non-hydrogen) atoms. The van der Waals surface area contributed by atoms with E-state index in [0.717, 1.165) is 23.9 Å². The third-order valence-electron chi connectivity index (χ3n) is 2.72. The highest BCUT2D eigenvalue weighted by Crippen LogP contribution is 2.26. The Morgan fingerprint density at radius 3 is 2.90 bits per heavy atom. The van der Waals surface area contributed by atoms with E-state index in [2.05, 4.69) is 21.2 Å². The quantitative estimate of drug-likeness (QED) is 0.803. The SMILES string of the molecule is CCNCc1occc1COc1cc(Br)cc(F)c1F. The second-order valence-electron chi connectivity index (χ2n) is 4.14. The van der Waals surface area contributed by atoms with Gasteiger partial charge in [0.15, 0.2) is 11.6 Å². The Balaban J connectivity index is 2.07. The van der Waals surface area contributed by atoms with E-state index < -0.39 is 11.6 Å². The topological polar surface area (TPSA) is 34.4 Å². The first-order valence-electron chi connectivity index (χ1n) is 6.15. The fraction of sp³-hybridized carbons (Fsp3) is 0.286. The molecule has 1 aromatic carbocycles. The minimum absolute atomic E-state index is 0.115. The van der Waals surface area contributed by atoms with Gasteiger partial charge in [0.1, 0.15) is 12.4 Å². The molecule has 0 fully saturated rings. The molecule has 0 saturated carbocycles. The Hall–Kier alpha value is -1.40. The lowest BCUT2D eigenvalue weighted by molar-refractivity contribution is 0.280.